The fourth-order valence-electron chi connectivity index (χ4n) is 5.01. The van der Waals surface area contributed by atoms with E-state index in [2.05, 4.69) is 104 Å². The third-order valence-electron chi connectivity index (χ3n) is 6.88. The Labute approximate surface area is 193 Å². The molecule has 3 aliphatic rings. The van der Waals surface area contributed by atoms with Crippen molar-refractivity contribution in [3.63, 3.8) is 0 Å². The molecule has 0 fully saturated rings. The Morgan fingerprint density at radius 3 is 2.19 bits per heavy atom. The molecule has 1 unspecified atom stereocenters. The molecule has 2 aromatic carbocycles. The molecule has 0 heteroatoms. The van der Waals surface area contributed by atoms with Crippen molar-refractivity contribution in [3.05, 3.63) is 142 Å². The molecule has 0 saturated heterocycles. The average molecular weight is 417 g/mol. The van der Waals surface area contributed by atoms with Gasteiger partial charge < -0.3 is 0 Å². The maximum Gasteiger partial charge on any atom is 0.0281 e. The van der Waals surface area contributed by atoms with Crippen LogP contribution in [-0.2, 0) is 19.3 Å². The highest BCUT2D eigenvalue weighted by Gasteiger charge is 2.26. The van der Waals surface area contributed by atoms with E-state index >= 15 is 0 Å². The van der Waals surface area contributed by atoms with Crippen molar-refractivity contribution in [2.24, 2.45) is 5.92 Å². The molecule has 0 bridgehead atoms. The first-order valence-corrected chi connectivity index (χ1v) is 12.1. The van der Waals surface area contributed by atoms with Gasteiger partial charge >= 0.3 is 0 Å². The second kappa shape index (κ2) is 9.57. The topological polar surface area (TPSA) is 0 Å². The van der Waals surface area contributed by atoms with Gasteiger partial charge in [-0.1, -0.05) is 103 Å². The van der Waals surface area contributed by atoms with Crippen LogP contribution in [0.15, 0.2) is 119 Å². The van der Waals surface area contributed by atoms with E-state index in [-0.39, 0.29) is 0 Å². The quantitative estimate of drug-likeness (QED) is 0.429. The van der Waals surface area contributed by atoms with Gasteiger partial charge in [0, 0.05) is 5.92 Å². The van der Waals surface area contributed by atoms with Gasteiger partial charge in [-0.2, -0.15) is 0 Å². The molecule has 3 aliphatic carbocycles. The highest BCUT2D eigenvalue weighted by Crippen LogP contribution is 2.40. The van der Waals surface area contributed by atoms with Crippen LogP contribution in [0.4, 0.5) is 0 Å². The standard InChI is InChI=1S/C32H32/c1-24-13-15-25(16-14-24)7-5-8-26-17-19-27(20-18-26)23-29-21-22-31(28-9-3-2-4-10-28)32-12-6-11-30(29)32/h3,6,9-22,32H,2,4-5,7-8,23H2,1H3. The molecule has 0 heterocycles. The van der Waals surface area contributed by atoms with Crippen molar-refractivity contribution in [3.8, 4) is 0 Å². The summed E-state index contributed by atoms with van der Waals surface area (Å²) in [6, 6.07) is 18.2. The molecule has 0 aliphatic heterocycles. The molecule has 1 atom stereocenters. The summed E-state index contributed by atoms with van der Waals surface area (Å²) < 4.78 is 0. The lowest BCUT2D eigenvalue weighted by molar-refractivity contribution is 0.819. The van der Waals surface area contributed by atoms with E-state index in [1.54, 1.807) is 0 Å². The van der Waals surface area contributed by atoms with Gasteiger partial charge in [0.1, 0.15) is 0 Å². The zero-order chi connectivity index (χ0) is 21.8. The molecular formula is C32H32. The summed E-state index contributed by atoms with van der Waals surface area (Å²) in [6.07, 6.45) is 25.4. The number of rotatable bonds is 7. The Morgan fingerprint density at radius 1 is 0.750 bits per heavy atom. The van der Waals surface area contributed by atoms with Gasteiger partial charge in [-0.05, 0) is 84.4 Å². The fraction of sp³-hybridized carbons (Fsp3) is 0.250. The minimum Gasteiger partial charge on any atom is -0.0836 e. The average Bonchev–Trinajstić information content (AvgIpc) is 3.33. The Kier molecular flexibility index (Phi) is 6.21. The van der Waals surface area contributed by atoms with Crippen LogP contribution in [0.2, 0.25) is 0 Å². The summed E-state index contributed by atoms with van der Waals surface area (Å²) in [5.74, 6) is 0.421. The van der Waals surface area contributed by atoms with E-state index in [9.17, 15) is 0 Å². The monoisotopic (exact) mass is 416 g/mol. The van der Waals surface area contributed by atoms with Gasteiger partial charge in [-0.15, -0.1) is 0 Å². The molecule has 0 radical (unpaired) electrons. The molecule has 32 heavy (non-hydrogen) atoms. The third kappa shape index (κ3) is 4.70. The fourth-order valence-corrected chi connectivity index (χ4v) is 5.01. The number of fused-ring (bicyclic) bond motifs is 1. The highest BCUT2D eigenvalue weighted by molar-refractivity contribution is 5.60. The molecule has 0 nitrogen and oxygen atoms in total. The second-order valence-corrected chi connectivity index (χ2v) is 9.27. The first-order valence-electron chi connectivity index (χ1n) is 12.1. The summed E-state index contributed by atoms with van der Waals surface area (Å²) in [5, 5.41) is 0. The zero-order valence-electron chi connectivity index (χ0n) is 19.1. The maximum atomic E-state index is 2.39. The van der Waals surface area contributed by atoms with Crippen LogP contribution >= 0.6 is 0 Å². The van der Waals surface area contributed by atoms with Crippen LogP contribution in [0.3, 0.4) is 0 Å². The molecule has 2 aromatic rings. The molecular weight excluding hydrogens is 384 g/mol. The molecule has 160 valence electrons. The molecule has 0 amide bonds. The summed E-state index contributed by atoms with van der Waals surface area (Å²) >= 11 is 0. The van der Waals surface area contributed by atoms with Crippen molar-refractivity contribution in [1.29, 1.82) is 0 Å². The second-order valence-electron chi connectivity index (χ2n) is 9.27. The van der Waals surface area contributed by atoms with E-state index in [1.807, 2.05) is 0 Å². The Morgan fingerprint density at radius 2 is 1.47 bits per heavy atom. The van der Waals surface area contributed by atoms with Crippen molar-refractivity contribution in [2.45, 2.75) is 45.4 Å². The lowest BCUT2D eigenvalue weighted by atomic mass is 9.78. The minimum absolute atomic E-state index is 0.421. The molecule has 5 rings (SSSR count). The van der Waals surface area contributed by atoms with Crippen LogP contribution < -0.4 is 0 Å². The summed E-state index contributed by atoms with van der Waals surface area (Å²) in [6.45, 7) is 2.15. The first kappa shape index (κ1) is 20.8. The van der Waals surface area contributed by atoms with Crippen LogP contribution in [0.1, 0.15) is 41.5 Å². The number of aryl methyl sites for hydroxylation is 3. The van der Waals surface area contributed by atoms with Crippen LogP contribution in [0.25, 0.3) is 0 Å². The van der Waals surface area contributed by atoms with E-state index in [1.165, 1.54) is 57.4 Å². The van der Waals surface area contributed by atoms with Crippen molar-refractivity contribution < 1.29 is 0 Å². The van der Waals surface area contributed by atoms with Crippen LogP contribution in [-0.4, -0.2) is 0 Å². The summed E-state index contributed by atoms with van der Waals surface area (Å²) in [5.41, 5.74) is 11.4. The Bertz CT molecular complexity index is 1140. The summed E-state index contributed by atoms with van der Waals surface area (Å²) in [4.78, 5) is 0. The first-order chi connectivity index (χ1) is 15.8. The van der Waals surface area contributed by atoms with Gasteiger partial charge in [-0.3, -0.25) is 0 Å². The molecule has 0 aromatic heterocycles. The summed E-state index contributed by atoms with van der Waals surface area (Å²) in [7, 11) is 0. The van der Waals surface area contributed by atoms with E-state index in [0.29, 0.717) is 5.92 Å². The Hall–Kier alpha value is -3.12. The van der Waals surface area contributed by atoms with Gasteiger partial charge in [0.15, 0.2) is 0 Å². The van der Waals surface area contributed by atoms with Crippen LogP contribution in [0.5, 0.6) is 0 Å². The normalized spacial score (nSPS) is 19.2. The van der Waals surface area contributed by atoms with Gasteiger partial charge in [0.25, 0.3) is 0 Å². The van der Waals surface area contributed by atoms with Crippen molar-refractivity contribution in [1.82, 2.24) is 0 Å². The van der Waals surface area contributed by atoms with Gasteiger partial charge in [0.2, 0.25) is 0 Å². The van der Waals surface area contributed by atoms with Crippen molar-refractivity contribution in [2.75, 3.05) is 0 Å². The predicted molar refractivity (Wildman–Crippen MR) is 137 cm³/mol. The minimum atomic E-state index is 0.421. The maximum absolute atomic E-state index is 2.39. The highest BCUT2D eigenvalue weighted by atomic mass is 14.3. The van der Waals surface area contributed by atoms with Gasteiger partial charge in [0.05, 0.1) is 0 Å². The third-order valence-corrected chi connectivity index (χ3v) is 6.88. The predicted octanol–water partition coefficient (Wildman–Crippen LogP) is 7.97. The van der Waals surface area contributed by atoms with E-state index < -0.39 is 0 Å². The lowest BCUT2D eigenvalue weighted by Gasteiger charge is -2.26. The van der Waals surface area contributed by atoms with Crippen molar-refractivity contribution >= 4 is 0 Å². The van der Waals surface area contributed by atoms with E-state index in [0.717, 1.165) is 25.7 Å². The van der Waals surface area contributed by atoms with Gasteiger partial charge in [-0.25, -0.2) is 0 Å². The molecule has 0 saturated carbocycles. The number of benzene rings is 2. The zero-order valence-corrected chi connectivity index (χ0v) is 19.1. The van der Waals surface area contributed by atoms with Crippen LogP contribution in [0, 0.1) is 12.8 Å². The van der Waals surface area contributed by atoms with E-state index in [4.69, 9.17) is 0 Å². The smallest absolute Gasteiger partial charge is 0.0281 e. The molecule has 0 spiro atoms. The Balaban J connectivity index is 1.22. The molecule has 0 N–H and O–H groups in total. The lowest BCUT2D eigenvalue weighted by Crippen LogP contribution is -2.12. The largest absolute Gasteiger partial charge is 0.0836 e. The number of hydrogen-bond donors (Lipinski definition) is 0. The SMILES string of the molecule is Cc1ccc(CCCc2ccc(CC3=CC=C(C4=CCCC=C4)C4C=CC=C34)cc2)cc1. The number of allylic oxidation sites excluding steroid dienone is 12. The number of hydrogen-bond acceptors (Lipinski definition) is 0.